The molecule has 3 rings (SSSR count). The van der Waals surface area contributed by atoms with Gasteiger partial charge in [0.1, 0.15) is 0 Å². The lowest BCUT2D eigenvalue weighted by molar-refractivity contribution is -0.120. The molecule has 2 heterocycles. The van der Waals surface area contributed by atoms with E-state index in [1.54, 1.807) is 0 Å². The van der Waals surface area contributed by atoms with Crippen molar-refractivity contribution in [1.29, 1.82) is 0 Å². The lowest BCUT2D eigenvalue weighted by atomic mass is 10.1. The first-order chi connectivity index (χ1) is 9.74. The van der Waals surface area contributed by atoms with Gasteiger partial charge in [-0.05, 0) is 30.5 Å². The van der Waals surface area contributed by atoms with Crippen LogP contribution in [0.1, 0.15) is 18.4 Å². The van der Waals surface area contributed by atoms with Gasteiger partial charge in [0.15, 0.2) is 0 Å². The first-order valence-electron chi connectivity index (χ1n) is 6.87. The molecule has 1 saturated heterocycles. The fourth-order valence-electron chi connectivity index (χ4n) is 2.62. The fraction of sp³-hybridized carbons (Fsp3) is 0.400. The Labute approximate surface area is 122 Å². The number of carbonyl (C=O) groups is 1. The van der Waals surface area contributed by atoms with Gasteiger partial charge in [0.05, 0.1) is 17.5 Å². The molecule has 1 unspecified atom stereocenters. The third-order valence-electron chi connectivity index (χ3n) is 3.64. The molecule has 1 amide bonds. The van der Waals surface area contributed by atoms with E-state index in [1.165, 1.54) is 0 Å². The Hall–Kier alpha value is -1.52. The molecule has 4 nitrogen and oxygen atoms in total. The maximum Gasteiger partial charge on any atom is 0.224 e. The Morgan fingerprint density at radius 1 is 1.50 bits per heavy atom. The Kier molecular flexibility index (Phi) is 3.94. The lowest BCUT2D eigenvalue weighted by Crippen LogP contribution is -2.32. The minimum Gasteiger partial charge on any atom is -0.376 e. The van der Waals surface area contributed by atoms with Gasteiger partial charge < -0.3 is 15.0 Å². The molecular formula is C15H17ClN2O2. The van der Waals surface area contributed by atoms with E-state index in [2.05, 4.69) is 10.3 Å². The molecule has 20 heavy (non-hydrogen) atoms. The lowest BCUT2D eigenvalue weighted by Gasteiger charge is -2.10. The van der Waals surface area contributed by atoms with Crippen LogP contribution in [0.4, 0.5) is 0 Å². The number of ether oxygens (including phenoxy) is 1. The van der Waals surface area contributed by atoms with E-state index < -0.39 is 0 Å². The molecule has 2 N–H and O–H groups in total. The molecule has 1 aliphatic rings. The summed E-state index contributed by atoms with van der Waals surface area (Å²) in [5.41, 5.74) is 1.88. The number of hydrogen-bond donors (Lipinski definition) is 2. The van der Waals surface area contributed by atoms with Crippen molar-refractivity contribution in [3.63, 3.8) is 0 Å². The molecule has 5 heteroatoms. The van der Waals surface area contributed by atoms with Crippen molar-refractivity contribution in [2.45, 2.75) is 25.4 Å². The highest BCUT2D eigenvalue weighted by atomic mass is 35.5. The van der Waals surface area contributed by atoms with Crippen LogP contribution >= 0.6 is 11.6 Å². The summed E-state index contributed by atoms with van der Waals surface area (Å²) in [6, 6.07) is 5.68. The van der Waals surface area contributed by atoms with Crippen LogP contribution in [0.3, 0.4) is 0 Å². The summed E-state index contributed by atoms with van der Waals surface area (Å²) in [7, 11) is 0. The average Bonchev–Trinajstić information content (AvgIpc) is 3.07. The number of carbonyl (C=O) groups excluding carboxylic acids is 1. The van der Waals surface area contributed by atoms with Gasteiger partial charge in [-0.3, -0.25) is 4.79 Å². The first-order valence-corrected chi connectivity index (χ1v) is 7.24. The van der Waals surface area contributed by atoms with Crippen molar-refractivity contribution in [3.8, 4) is 0 Å². The second-order valence-electron chi connectivity index (χ2n) is 5.09. The zero-order chi connectivity index (χ0) is 13.9. The highest BCUT2D eigenvalue weighted by molar-refractivity contribution is 6.35. The minimum absolute atomic E-state index is 0.00122. The predicted molar refractivity (Wildman–Crippen MR) is 79.0 cm³/mol. The van der Waals surface area contributed by atoms with Crippen molar-refractivity contribution in [3.05, 3.63) is 35.0 Å². The Morgan fingerprint density at radius 3 is 3.20 bits per heavy atom. The first kappa shape index (κ1) is 13.5. The van der Waals surface area contributed by atoms with Crippen molar-refractivity contribution in [2.24, 2.45) is 0 Å². The summed E-state index contributed by atoms with van der Waals surface area (Å²) in [4.78, 5) is 15.1. The summed E-state index contributed by atoms with van der Waals surface area (Å²) in [6.45, 7) is 1.40. The second kappa shape index (κ2) is 5.85. The average molecular weight is 293 g/mol. The van der Waals surface area contributed by atoms with Crippen LogP contribution in [0.2, 0.25) is 5.02 Å². The fourth-order valence-corrected chi connectivity index (χ4v) is 2.91. The molecule has 1 aliphatic heterocycles. The number of amides is 1. The van der Waals surface area contributed by atoms with Gasteiger partial charge in [-0.1, -0.05) is 17.7 Å². The Morgan fingerprint density at radius 2 is 2.40 bits per heavy atom. The van der Waals surface area contributed by atoms with Gasteiger partial charge in [-0.25, -0.2) is 0 Å². The van der Waals surface area contributed by atoms with Crippen LogP contribution in [-0.4, -0.2) is 30.1 Å². The van der Waals surface area contributed by atoms with E-state index in [0.29, 0.717) is 18.0 Å². The van der Waals surface area contributed by atoms with Gasteiger partial charge >= 0.3 is 0 Å². The van der Waals surface area contributed by atoms with Crippen molar-refractivity contribution in [2.75, 3.05) is 13.2 Å². The van der Waals surface area contributed by atoms with E-state index >= 15 is 0 Å². The SMILES string of the molecule is O=C(Cc1c[nH]c2cccc(Cl)c12)NCC1CCCO1. The standard InChI is InChI=1S/C15H17ClN2O2/c16-12-4-1-5-13-15(12)10(8-17-13)7-14(19)18-9-11-3-2-6-20-11/h1,4-5,8,11,17H,2-3,6-7,9H2,(H,18,19). The quantitative estimate of drug-likeness (QED) is 0.910. The van der Waals surface area contributed by atoms with Crippen molar-refractivity contribution < 1.29 is 9.53 Å². The summed E-state index contributed by atoms with van der Waals surface area (Å²) in [5.74, 6) is 0.00122. The number of aromatic nitrogens is 1. The molecule has 1 fully saturated rings. The number of benzene rings is 1. The molecule has 0 saturated carbocycles. The number of H-pyrrole nitrogens is 1. The van der Waals surface area contributed by atoms with Crippen LogP contribution in [-0.2, 0) is 16.0 Å². The van der Waals surface area contributed by atoms with E-state index in [4.69, 9.17) is 16.3 Å². The maximum atomic E-state index is 12.0. The monoisotopic (exact) mass is 292 g/mol. The third-order valence-corrected chi connectivity index (χ3v) is 3.95. The van der Waals surface area contributed by atoms with Crippen LogP contribution in [0.5, 0.6) is 0 Å². The molecule has 2 aromatic rings. The summed E-state index contributed by atoms with van der Waals surface area (Å²) >= 11 is 6.20. The number of rotatable bonds is 4. The van der Waals surface area contributed by atoms with E-state index in [9.17, 15) is 4.79 Å². The molecule has 1 aromatic heterocycles. The predicted octanol–water partition coefficient (Wildman–Crippen LogP) is 2.66. The normalized spacial score (nSPS) is 18.6. The number of nitrogens with one attached hydrogen (secondary N) is 2. The third kappa shape index (κ3) is 2.81. The van der Waals surface area contributed by atoms with Crippen LogP contribution in [0.15, 0.2) is 24.4 Å². The highest BCUT2D eigenvalue weighted by Crippen LogP contribution is 2.26. The molecule has 106 valence electrons. The maximum absolute atomic E-state index is 12.0. The molecular weight excluding hydrogens is 276 g/mol. The molecule has 0 spiro atoms. The smallest absolute Gasteiger partial charge is 0.224 e. The highest BCUT2D eigenvalue weighted by Gasteiger charge is 2.17. The van der Waals surface area contributed by atoms with Gasteiger partial charge in [-0.15, -0.1) is 0 Å². The molecule has 0 radical (unpaired) electrons. The Bertz CT molecular complexity index is 617. The molecule has 1 aromatic carbocycles. The van der Waals surface area contributed by atoms with E-state index in [0.717, 1.165) is 35.9 Å². The largest absolute Gasteiger partial charge is 0.376 e. The number of halogens is 1. The summed E-state index contributed by atoms with van der Waals surface area (Å²) in [6.07, 6.45) is 4.46. The van der Waals surface area contributed by atoms with Gasteiger partial charge in [-0.2, -0.15) is 0 Å². The van der Waals surface area contributed by atoms with Gasteiger partial charge in [0.25, 0.3) is 0 Å². The zero-order valence-corrected chi connectivity index (χ0v) is 11.9. The zero-order valence-electron chi connectivity index (χ0n) is 11.1. The van der Waals surface area contributed by atoms with Crippen LogP contribution < -0.4 is 5.32 Å². The molecule has 0 aliphatic carbocycles. The van der Waals surface area contributed by atoms with Gasteiger partial charge in [0.2, 0.25) is 5.91 Å². The second-order valence-corrected chi connectivity index (χ2v) is 5.50. The molecule has 0 bridgehead atoms. The van der Waals surface area contributed by atoms with Crippen LogP contribution in [0, 0.1) is 0 Å². The van der Waals surface area contributed by atoms with Crippen molar-refractivity contribution in [1.82, 2.24) is 10.3 Å². The number of hydrogen-bond acceptors (Lipinski definition) is 2. The summed E-state index contributed by atoms with van der Waals surface area (Å²) < 4.78 is 5.49. The number of fused-ring (bicyclic) bond motifs is 1. The van der Waals surface area contributed by atoms with Crippen molar-refractivity contribution >= 4 is 28.4 Å². The molecule has 1 atom stereocenters. The van der Waals surface area contributed by atoms with E-state index in [-0.39, 0.29) is 12.0 Å². The summed E-state index contributed by atoms with van der Waals surface area (Å²) in [5, 5.41) is 4.53. The van der Waals surface area contributed by atoms with Crippen LogP contribution in [0.25, 0.3) is 10.9 Å². The number of aromatic amines is 1. The van der Waals surface area contributed by atoms with Gasteiger partial charge in [0, 0.05) is 30.3 Å². The topological polar surface area (TPSA) is 54.1 Å². The Balaban J connectivity index is 1.65. The van der Waals surface area contributed by atoms with E-state index in [1.807, 2.05) is 24.4 Å². The minimum atomic E-state index is 0.00122.